The summed E-state index contributed by atoms with van der Waals surface area (Å²) in [5.74, 6) is 2.53. The van der Waals surface area contributed by atoms with E-state index in [0.29, 0.717) is 13.0 Å². The lowest BCUT2D eigenvalue weighted by atomic mass is 9.80. The highest BCUT2D eigenvalue weighted by Crippen LogP contribution is 2.28. The highest BCUT2D eigenvalue weighted by Gasteiger charge is 2.30. The number of hydrogen-bond acceptors (Lipinski definition) is 2. The highest BCUT2D eigenvalue weighted by atomic mass is 16.2. The monoisotopic (exact) mass is 208 g/mol. The number of carbonyl (C=O) groups is 1. The molecule has 0 aromatic carbocycles. The fraction of sp³-hybridized carbons (Fsp3) is 0.750. The lowest BCUT2D eigenvalue weighted by Gasteiger charge is -2.33. The van der Waals surface area contributed by atoms with Crippen molar-refractivity contribution in [2.24, 2.45) is 5.73 Å². The molecule has 0 aromatic heterocycles. The fourth-order valence-electron chi connectivity index (χ4n) is 2.09. The molecular weight excluding hydrogens is 188 g/mol. The van der Waals surface area contributed by atoms with Crippen molar-refractivity contribution in [3.05, 3.63) is 0 Å². The Hall–Kier alpha value is -1.01. The molecular formula is C12H20N2O. The molecule has 1 rings (SSSR count). The van der Waals surface area contributed by atoms with Crippen LogP contribution >= 0.6 is 0 Å². The van der Waals surface area contributed by atoms with E-state index in [2.05, 4.69) is 5.92 Å². The van der Waals surface area contributed by atoms with Crippen molar-refractivity contribution in [2.75, 3.05) is 13.6 Å². The van der Waals surface area contributed by atoms with E-state index in [-0.39, 0.29) is 11.4 Å². The molecule has 1 aliphatic carbocycles. The number of hydrogen-bond donors (Lipinski definition) is 1. The molecule has 0 unspecified atom stereocenters. The van der Waals surface area contributed by atoms with Crippen LogP contribution in [0.15, 0.2) is 0 Å². The molecule has 1 saturated carbocycles. The molecule has 0 saturated heterocycles. The first-order valence-corrected chi connectivity index (χ1v) is 5.54. The summed E-state index contributed by atoms with van der Waals surface area (Å²) in [5, 5.41) is 0. The minimum absolute atomic E-state index is 0.0670. The third-order valence-electron chi connectivity index (χ3n) is 3.11. The first-order chi connectivity index (χ1) is 7.07. The molecule has 1 fully saturated rings. The molecule has 1 aliphatic rings. The van der Waals surface area contributed by atoms with E-state index in [0.717, 1.165) is 25.7 Å². The van der Waals surface area contributed by atoms with E-state index in [1.165, 1.54) is 6.42 Å². The molecule has 0 heterocycles. The second-order valence-corrected chi connectivity index (χ2v) is 4.55. The second-order valence-electron chi connectivity index (χ2n) is 4.55. The smallest absolute Gasteiger partial charge is 0.224 e. The Balaban J connectivity index is 2.45. The Bertz CT molecular complexity index is 261. The molecule has 3 nitrogen and oxygen atoms in total. The van der Waals surface area contributed by atoms with E-state index in [4.69, 9.17) is 12.2 Å². The summed E-state index contributed by atoms with van der Waals surface area (Å²) < 4.78 is 0. The van der Waals surface area contributed by atoms with Crippen LogP contribution in [0.25, 0.3) is 0 Å². The zero-order chi connectivity index (χ0) is 11.3. The van der Waals surface area contributed by atoms with Crippen molar-refractivity contribution in [3.8, 4) is 12.3 Å². The van der Waals surface area contributed by atoms with Crippen molar-refractivity contribution in [1.29, 1.82) is 0 Å². The topological polar surface area (TPSA) is 46.3 Å². The van der Waals surface area contributed by atoms with Gasteiger partial charge in [-0.1, -0.05) is 25.2 Å². The summed E-state index contributed by atoms with van der Waals surface area (Å²) in [4.78, 5) is 13.3. The van der Waals surface area contributed by atoms with Crippen LogP contribution in [0.5, 0.6) is 0 Å². The van der Waals surface area contributed by atoms with E-state index < -0.39 is 0 Å². The number of nitrogens with zero attached hydrogens (tertiary/aromatic N) is 1. The van der Waals surface area contributed by atoms with Gasteiger partial charge in [-0.3, -0.25) is 4.79 Å². The highest BCUT2D eigenvalue weighted by molar-refractivity contribution is 5.77. The van der Waals surface area contributed by atoms with Crippen LogP contribution < -0.4 is 5.73 Å². The van der Waals surface area contributed by atoms with E-state index in [9.17, 15) is 4.79 Å². The van der Waals surface area contributed by atoms with Gasteiger partial charge in [-0.2, -0.15) is 0 Å². The predicted molar refractivity (Wildman–Crippen MR) is 61.1 cm³/mol. The van der Waals surface area contributed by atoms with Gasteiger partial charge in [-0.25, -0.2) is 0 Å². The summed E-state index contributed by atoms with van der Waals surface area (Å²) in [6.07, 6.45) is 11.0. The first-order valence-electron chi connectivity index (χ1n) is 5.54. The van der Waals surface area contributed by atoms with E-state index in [1.807, 2.05) is 0 Å². The maximum Gasteiger partial charge on any atom is 0.224 e. The van der Waals surface area contributed by atoms with Crippen LogP contribution in [-0.4, -0.2) is 29.9 Å². The molecule has 1 amide bonds. The second kappa shape index (κ2) is 5.18. The maximum atomic E-state index is 11.8. The van der Waals surface area contributed by atoms with Crippen LogP contribution in [-0.2, 0) is 4.79 Å². The molecule has 0 atom stereocenters. The van der Waals surface area contributed by atoms with Gasteiger partial charge in [0.05, 0.1) is 6.54 Å². The van der Waals surface area contributed by atoms with Gasteiger partial charge in [0.2, 0.25) is 5.91 Å². The number of rotatable bonds is 3. The van der Waals surface area contributed by atoms with Crippen molar-refractivity contribution in [2.45, 2.75) is 44.1 Å². The number of terminal acetylenes is 1. The molecule has 2 N–H and O–H groups in total. The summed E-state index contributed by atoms with van der Waals surface area (Å²) >= 11 is 0. The summed E-state index contributed by atoms with van der Waals surface area (Å²) in [5.41, 5.74) is 5.92. The van der Waals surface area contributed by atoms with Crippen LogP contribution in [0.4, 0.5) is 0 Å². The van der Waals surface area contributed by atoms with Crippen molar-refractivity contribution in [3.63, 3.8) is 0 Å². The predicted octanol–water partition coefficient (Wildman–Crippen LogP) is 1.13. The minimum Gasteiger partial charge on any atom is -0.335 e. The van der Waals surface area contributed by atoms with Gasteiger partial charge in [-0.05, 0) is 12.8 Å². The minimum atomic E-state index is -0.280. The average molecular weight is 208 g/mol. The van der Waals surface area contributed by atoms with E-state index in [1.54, 1.807) is 11.9 Å². The molecule has 0 spiro atoms. The Morgan fingerprint density at radius 2 is 2.07 bits per heavy atom. The lowest BCUT2D eigenvalue weighted by molar-refractivity contribution is -0.130. The largest absolute Gasteiger partial charge is 0.335 e. The molecule has 0 bridgehead atoms. The van der Waals surface area contributed by atoms with Crippen molar-refractivity contribution in [1.82, 2.24) is 4.90 Å². The SMILES string of the molecule is C#CCN(C)C(=O)CC1(N)CCCCC1. The van der Waals surface area contributed by atoms with Crippen LogP contribution in [0, 0.1) is 12.3 Å². The van der Waals surface area contributed by atoms with E-state index >= 15 is 0 Å². The van der Waals surface area contributed by atoms with Gasteiger partial charge in [-0.15, -0.1) is 6.42 Å². The Kier molecular flexibility index (Phi) is 4.16. The lowest BCUT2D eigenvalue weighted by Crippen LogP contribution is -2.46. The molecule has 3 heteroatoms. The number of carbonyl (C=O) groups excluding carboxylic acids is 1. The molecule has 84 valence electrons. The van der Waals surface area contributed by atoms with Crippen LogP contribution in [0.2, 0.25) is 0 Å². The summed E-state index contributed by atoms with van der Waals surface area (Å²) in [7, 11) is 1.73. The third kappa shape index (κ3) is 3.56. The van der Waals surface area contributed by atoms with Crippen molar-refractivity contribution >= 4 is 5.91 Å². The average Bonchev–Trinajstić information content (AvgIpc) is 2.18. The van der Waals surface area contributed by atoms with Crippen LogP contribution in [0.3, 0.4) is 0 Å². The Morgan fingerprint density at radius 1 is 1.47 bits per heavy atom. The van der Waals surface area contributed by atoms with Gasteiger partial charge in [0.25, 0.3) is 0 Å². The normalized spacial score (nSPS) is 19.3. The zero-order valence-corrected chi connectivity index (χ0v) is 9.46. The number of amides is 1. The van der Waals surface area contributed by atoms with Gasteiger partial charge in [0.15, 0.2) is 0 Å². The maximum absolute atomic E-state index is 11.8. The molecule has 0 aromatic rings. The Labute approximate surface area is 92.0 Å². The number of nitrogens with two attached hydrogens (primary N) is 1. The standard InChI is InChI=1S/C12H20N2O/c1-3-9-14(2)11(15)10-12(13)7-5-4-6-8-12/h1H,4-10,13H2,2H3. The van der Waals surface area contributed by atoms with Crippen molar-refractivity contribution < 1.29 is 4.79 Å². The summed E-state index contributed by atoms with van der Waals surface area (Å²) in [6, 6.07) is 0. The van der Waals surface area contributed by atoms with Gasteiger partial charge >= 0.3 is 0 Å². The van der Waals surface area contributed by atoms with Gasteiger partial charge in [0, 0.05) is 19.0 Å². The van der Waals surface area contributed by atoms with Gasteiger partial charge in [0.1, 0.15) is 0 Å². The molecule has 0 radical (unpaired) electrons. The first kappa shape index (κ1) is 12.1. The Morgan fingerprint density at radius 3 is 2.60 bits per heavy atom. The third-order valence-corrected chi connectivity index (χ3v) is 3.11. The molecule has 15 heavy (non-hydrogen) atoms. The van der Waals surface area contributed by atoms with Crippen LogP contribution in [0.1, 0.15) is 38.5 Å². The van der Waals surface area contributed by atoms with Gasteiger partial charge < -0.3 is 10.6 Å². The zero-order valence-electron chi connectivity index (χ0n) is 9.46. The quantitative estimate of drug-likeness (QED) is 0.707. The molecule has 0 aliphatic heterocycles. The fourth-order valence-corrected chi connectivity index (χ4v) is 2.09. The summed E-state index contributed by atoms with van der Waals surface area (Å²) in [6.45, 7) is 0.370.